The summed E-state index contributed by atoms with van der Waals surface area (Å²) in [5.41, 5.74) is -0.446. The molecule has 2 aromatic carbocycles. The number of aromatic amines is 1. The Kier molecular flexibility index (Phi) is 10.9. The van der Waals surface area contributed by atoms with Crippen molar-refractivity contribution in [2.75, 3.05) is 70.7 Å². The van der Waals surface area contributed by atoms with Gasteiger partial charge in [0.15, 0.2) is 32.4 Å². The van der Waals surface area contributed by atoms with Crippen molar-refractivity contribution in [3.8, 4) is 5.75 Å². The van der Waals surface area contributed by atoms with Gasteiger partial charge in [0.2, 0.25) is 11.6 Å². The van der Waals surface area contributed by atoms with Gasteiger partial charge in [0.1, 0.15) is 5.82 Å². The Balaban J connectivity index is 1.47. The summed E-state index contributed by atoms with van der Waals surface area (Å²) < 4.78 is 62.2. The van der Waals surface area contributed by atoms with E-state index >= 15 is 8.78 Å². The van der Waals surface area contributed by atoms with Crippen LogP contribution in [-0.4, -0.2) is 104 Å². The fourth-order valence-corrected chi connectivity index (χ4v) is 7.77. The number of H-pyrrole nitrogens is 1. The highest BCUT2D eigenvalue weighted by Crippen LogP contribution is 2.41. The summed E-state index contributed by atoms with van der Waals surface area (Å²) in [6.45, 7) is 9.07. The van der Waals surface area contributed by atoms with Crippen molar-refractivity contribution in [2.24, 2.45) is 0 Å². The summed E-state index contributed by atoms with van der Waals surface area (Å²) >= 11 is 0.891. The standard InChI is InChI=1S/C32H39F2N9O5S2/c1-20-18-26(39-38-20)35-29-28(48-6)30(42-16-14-41(15-17-42)13-12-40(4)5)37-31(36-29)49-25-11-10-21(19-23(25)33)50(46,47)32(2,3)22-8-7-9-24(27(22)34)43(44)45/h7-11,18-19H,12-17H2,1-6H3,(H2,35,36,37,38,39). The molecule has 50 heavy (non-hydrogen) atoms. The number of anilines is 3. The number of methoxy groups -OCH3 is 1. The number of ether oxygens (including phenoxy) is 1. The fraction of sp³-hybridized carbons (Fsp3) is 0.406. The Hall–Kier alpha value is -4.39. The van der Waals surface area contributed by atoms with E-state index in [1.807, 2.05) is 21.0 Å². The third-order valence-electron chi connectivity index (χ3n) is 8.43. The zero-order valence-corrected chi connectivity index (χ0v) is 30.2. The number of nitrogens with one attached hydrogen (secondary N) is 2. The summed E-state index contributed by atoms with van der Waals surface area (Å²) in [5, 5.41) is 21.7. The third kappa shape index (κ3) is 7.67. The summed E-state index contributed by atoms with van der Waals surface area (Å²) in [6.07, 6.45) is 0. The summed E-state index contributed by atoms with van der Waals surface area (Å²) in [7, 11) is 1.14. The van der Waals surface area contributed by atoms with Crippen LogP contribution >= 0.6 is 11.8 Å². The molecule has 0 radical (unpaired) electrons. The molecular weight excluding hydrogens is 693 g/mol. The van der Waals surface area contributed by atoms with Crippen LogP contribution in [0.4, 0.5) is 31.9 Å². The van der Waals surface area contributed by atoms with Crippen LogP contribution in [0, 0.1) is 28.7 Å². The predicted molar refractivity (Wildman–Crippen MR) is 186 cm³/mol. The van der Waals surface area contributed by atoms with E-state index in [0.717, 1.165) is 55.8 Å². The topological polar surface area (TPSA) is 163 Å². The van der Waals surface area contributed by atoms with E-state index in [9.17, 15) is 18.5 Å². The molecule has 5 rings (SSSR count). The SMILES string of the molecule is COc1c(Nc2cc(C)[nH]n2)nc(Sc2ccc(S(=O)(=O)C(C)(C)c3cccc([N+](=O)[O-])c3F)cc2F)nc1N1CCN(CCN(C)C)CC1. The minimum Gasteiger partial charge on any atom is -0.490 e. The maximum absolute atomic E-state index is 15.8. The lowest BCUT2D eigenvalue weighted by atomic mass is 10.0. The molecule has 0 bridgehead atoms. The number of piperazine rings is 1. The van der Waals surface area contributed by atoms with Crippen LogP contribution in [0.1, 0.15) is 25.1 Å². The van der Waals surface area contributed by atoms with E-state index in [1.54, 1.807) is 6.07 Å². The molecule has 4 aromatic rings. The Morgan fingerprint density at radius 1 is 1.12 bits per heavy atom. The molecule has 1 aliphatic heterocycles. The molecule has 3 heterocycles. The van der Waals surface area contributed by atoms with Gasteiger partial charge in [0.05, 0.1) is 26.6 Å². The average molecular weight is 732 g/mol. The number of sulfone groups is 1. The van der Waals surface area contributed by atoms with Gasteiger partial charge >= 0.3 is 5.69 Å². The first-order chi connectivity index (χ1) is 23.6. The third-order valence-corrected chi connectivity index (χ3v) is 11.8. The molecular formula is C32H39F2N9O5S2. The minimum absolute atomic E-state index is 0.0365. The summed E-state index contributed by atoms with van der Waals surface area (Å²) in [5.74, 6) is -0.461. The molecule has 0 aliphatic carbocycles. The number of aromatic nitrogens is 4. The zero-order valence-electron chi connectivity index (χ0n) is 28.5. The number of rotatable bonds is 13. The first-order valence-electron chi connectivity index (χ1n) is 15.6. The Morgan fingerprint density at radius 3 is 2.44 bits per heavy atom. The Morgan fingerprint density at radius 2 is 1.84 bits per heavy atom. The van der Waals surface area contributed by atoms with E-state index in [0.29, 0.717) is 36.3 Å². The van der Waals surface area contributed by atoms with Gasteiger partial charge in [-0.2, -0.15) is 9.49 Å². The number of hydrogen-bond donors (Lipinski definition) is 2. The first kappa shape index (κ1) is 36.9. The molecule has 0 spiro atoms. The van der Waals surface area contributed by atoms with Gasteiger partial charge in [-0.15, -0.1) is 0 Å². The van der Waals surface area contributed by atoms with Crippen LogP contribution in [0.2, 0.25) is 0 Å². The van der Waals surface area contributed by atoms with E-state index in [2.05, 4.69) is 35.2 Å². The van der Waals surface area contributed by atoms with Crippen LogP contribution in [0.3, 0.4) is 0 Å². The molecule has 18 heteroatoms. The van der Waals surface area contributed by atoms with E-state index in [4.69, 9.17) is 9.72 Å². The lowest BCUT2D eigenvalue weighted by molar-refractivity contribution is -0.387. The molecule has 0 amide bonds. The van der Waals surface area contributed by atoms with Gasteiger partial charge in [0.25, 0.3) is 0 Å². The van der Waals surface area contributed by atoms with E-state index in [1.165, 1.54) is 45.2 Å². The number of benzene rings is 2. The van der Waals surface area contributed by atoms with E-state index < -0.39 is 47.3 Å². The highest BCUT2D eigenvalue weighted by atomic mass is 32.2. The second-order valence-electron chi connectivity index (χ2n) is 12.5. The zero-order chi connectivity index (χ0) is 36.4. The van der Waals surface area contributed by atoms with Crippen molar-refractivity contribution in [1.82, 2.24) is 30.0 Å². The first-order valence-corrected chi connectivity index (χ1v) is 17.9. The molecule has 1 aliphatic rings. The fourth-order valence-electron chi connectivity index (χ4n) is 5.47. The van der Waals surface area contributed by atoms with E-state index in [-0.39, 0.29) is 10.1 Å². The lowest BCUT2D eigenvalue weighted by Crippen LogP contribution is -2.48. The second-order valence-corrected chi connectivity index (χ2v) is 16.0. The number of halogens is 2. The molecule has 1 saturated heterocycles. The summed E-state index contributed by atoms with van der Waals surface area (Å²) in [6, 6.07) is 8.45. The molecule has 0 saturated carbocycles. The second kappa shape index (κ2) is 14.8. The maximum atomic E-state index is 15.8. The minimum atomic E-state index is -4.44. The Labute approximate surface area is 293 Å². The molecule has 0 atom stereocenters. The maximum Gasteiger partial charge on any atom is 0.305 e. The Bertz CT molecular complexity index is 1980. The van der Waals surface area contributed by atoms with Gasteiger partial charge in [-0.3, -0.25) is 20.1 Å². The molecule has 0 unspecified atom stereocenters. The summed E-state index contributed by atoms with van der Waals surface area (Å²) in [4.78, 5) is 26.0. The smallest absolute Gasteiger partial charge is 0.305 e. The quantitative estimate of drug-likeness (QED) is 0.108. The molecule has 1 fully saturated rings. The number of aryl methyl sites for hydroxylation is 1. The van der Waals surface area contributed by atoms with Gasteiger partial charge in [-0.05, 0) is 64.8 Å². The van der Waals surface area contributed by atoms with Crippen molar-refractivity contribution in [3.63, 3.8) is 0 Å². The monoisotopic (exact) mass is 731 g/mol. The van der Waals surface area contributed by atoms with Crippen molar-refractivity contribution in [2.45, 2.75) is 40.5 Å². The highest BCUT2D eigenvalue weighted by molar-refractivity contribution is 7.99. The van der Waals surface area contributed by atoms with Gasteiger partial charge in [0, 0.05) is 62.7 Å². The van der Waals surface area contributed by atoms with Gasteiger partial charge in [-0.25, -0.2) is 22.8 Å². The highest BCUT2D eigenvalue weighted by Gasteiger charge is 2.41. The lowest BCUT2D eigenvalue weighted by Gasteiger charge is -2.36. The molecule has 14 nitrogen and oxygen atoms in total. The van der Waals surface area contributed by atoms with Crippen molar-refractivity contribution >= 4 is 44.7 Å². The number of nitro benzene ring substituents is 1. The molecule has 268 valence electrons. The van der Waals surface area contributed by atoms with Crippen LogP contribution in [0.15, 0.2) is 57.4 Å². The van der Waals surface area contributed by atoms with Crippen LogP contribution in [0.5, 0.6) is 5.75 Å². The van der Waals surface area contributed by atoms with Crippen LogP contribution in [-0.2, 0) is 14.6 Å². The van der Waals surface area contributed by atoms with Gasteiger partial charge < -0.3 is 19.9 Å². The van der Waals surface area contributed by atoms with Crippen LogP contribution < -0.4 is 15.0 Å². The number of likely N-dealkylation sites (N-methyl/N-ethyl adjacent to an activating group) is 1. The predicted octanol–water partition coefficient (Wildman–Crippen LogP) is 4.99. The number of nitro groups is 1. The van der Waals surface area contributed by atoms with Gasteiger partial charge in [-0.1, -0.05) is 12.1 Å². The van der Waals surface area contributed by atoms with Crippen molar-refractivity contribution < 1.29 is 26.9 Å². The van der Waals surface area contributed by atoms with Crippen molar-refractivity contribution in [3.05, 3.63) is 75.5 Å². The largest absolute Gasteiger partial charge is 0.490 e. The van der Waals surface area contributed by atoms with Crippen LogP contribution in [0.25, 0.3) is 0 Å². The molecule has 2 aromatic heterocycles. The number of nitrogens with zero attached hydrogens (tertiary/aromatic N) is 7. The molecule has 2 N–H and O–H groups in total. The normalized spacial score (nSPS) is 14.3. The number of hydrogen-bond acceptors (Lipinski definition) is 13. The van der Waals surface area contributed by atoms with Crippen molar-refractivity contribution in [1.29, 1.82) is 0 Å². The average Bonchev–Trinajstić information content (AvgIpc) is 3.48.